The lowest BCUT2D eigenvalue weighted by atomic mass is 10.3. The van der Waals surface area contributed by atoms with Gasteiger partial charge in [0.25, 0.3) is 0 Å². The van der Waals surface area contributed by atoms with Crippen molar-refractivity contribution in [3.8, 4) is 0 Å². The molecule has 0 saturated heterocycles. The van der Waals surface area contributed by atoms with Gasteiger partial charge in [-0.05, 0) is 12.8 Å². The number of hydrogen-bond acceptors (Lipinski definition) is 2. The van der Waals surface area contributed by atoms with Crippen LogP contribution in [-0.2, 0) is 9.59 Å². The smallest absolute Gasteiger partial charge is 0.224 e. The van der Waals surface area contributed by atoms with Gasteiger partial charge < -0.3 is 10.2 Å². The first-order chi connectivity index (χ1) is 6.76. The van der Waals surface area contributed by atoms with E-state index in [1.54, 1.807) is 0 Å². The molecular formula is C10H20N2O2. The molecule has 0 atom stereocenters. The van der Waals surface area contributed by atoms with E-state index in [0.29, 0.717) is 19.4 Å². The Kier molecular flexibility index (Phi) is 7.89. The summed E-state index contributed by atoms with van der Waals surface area (Å²) in [5.74, 6) is 0.128. The van der Waals surface area contributed by atoms with Crippen LogP contribution in [0.5, 0.6) is 0 Å². The molecule has 0 aromatic carbocycles. The molecule has 0 saturated carbocycles. The first kappa shape index (κ1) is 12.9. The molecule has 0 aliphatic rings. The third kappa shape index (κ3) is 5.56. The molecule has 4 heteroatoms. The van der Waals surface area contributed by atoms with Gasteiger partial charge in [0.05, 0.1) is 0 Å². The van der Waals surface area contributed by atoms with Gasteiger partial charge in [-0.1, -0.05) is 13.8 Å². The maximum absolute atomic E-state index is 11.6. The van der Waals surface area contributed by atoms with Crippen LogP contribution in [0.4, 0.5) is 0 Å². The molecule has 2 amide bonds. The van der Waals surface area contributed by atoms with Crippen LogP contribution in [0.25, 0.3) is 0 Å². The summed E-state index contributed by atoms with van der Waals surface area (Å²) in [6, 6.07) is 0. The summed E-state index contributed by atoms with van der Waals surface area (Å²) < 4.78 is 0. The molecule has 0 rings (SSSR count). The van der Waals surface area contributed by atoms with E-state index in [4.69, 9.17) is 0 Å². The average molecular weight is 200 g/mol. The number of rotatable bonds is 8. The summed E-state index contributed by atoms with van der Waals surface area (Å²) in [4.78, 5) is 23.4. The van der Waals surface area contributed by atoms with Crippen molar-refractivity contribution in [2.24, 2.45) is 0 Å². The fourth-order valence-electron chi connectivity index (χ4n) is 1.30. The number of amides is 2. The Morgan fingerprint density at radius 2 is 1.86 bits per heavy atom. The molecule has 0 aliphatic heterocycles. The van der Waals surface area contributed by atoms with E-state index >= 15 is 0 Å². The molecule has 14 heavy (non-hydrogen) atoms. The summed E-state index contributed by atoms with van der Waals surface area (Å²) in [6.45, 7) is 6.17. The molecule has 0 bridgehead atoms. The second kappa shape index (κ2) is 8.53. The number of hydrogen-bond donors (Lipinski definition) is 1. The maximum atomic E-state index is 11.6. The van der Waals surface area contributed by atoms with Crippen molar-refractivity contribution < 1.29 is 9.59 Å². The molecule has 82 valence electrons. The van der Waals surface area contributed by atoms with Gasteiger partial charge in [0.2, 0.25) is 12.3 Å². The highest BCUT2D eigenvalue weighted by atomic mass is 16.2. The first-order valence-electron chi connectivity index (χ1n) is 5.21. The highest BCUT2D eigenvalue weighted by Gasteiger charge is 2.10. The van der Waals surface area contributed by atoms with Crippen molar-refractivity contribution in [2.75, 3.05) is 19.6 Å². The van der Waals surface area contributed by atoms with Gasteiger partial charge in [-0.25, -0.2) is 0 Å². The lowest BCUT2D eigenvalue weighted by molar-refractivity contribution is -0.131. The Morgan fingerprint density at radius 1 is 1.29 bits per heavy atom. The van der Waals surface area contributed by atoms with Gasteiger partial charge in [0.15, 0.2) is 0 Å². The zero-order chi connectivity index (χ0) is 10.8. The molecule has 4 nitrogen and oxygen atoms in total. The van der Waals surface area contributed by atoms with Crippen molar-refractivity contribution >= 4 is 12.3 Å². The van der Waals surface area contributed by atoms with Crippen LogP contribution in [-0.4, -0.2) is 36.9 Å². The van der Waals surface area contributed by atoms with Crippen LogP contribution < -0.4 is 5.32 Å². The van der Waals surface area contributed by atoms with Gasteiger partial charge in [0.1, 0.15) is 0 Å². The van der Waals surface area contributed by atoms with Gasteiger partial charge >= 0.3 is 0 Å². The quantitative estimate of drug-likeness (QED) is 0.465. The fraction of sp³-hybridized carbons (Fsp3) is 0.800. The van der Waals surface area contributed by atoms with E-state index in [1.807, 2.05) is 4.90 Å². The topological polar surface area (TPSA) is 49.4 Å². The molecule has 0 radical (unpaired) electrons. The van der Waals surface area contributed by atoms with Crippen LogP contribution in [0.15, 0.2) is 0 Å². The second-order valence-electron chi connectivity index (χ2n) is 3.20. The molecule has 0 spiro atoms. The van der Waals surface area contributed by atoms with E-state index in [-0.39, 0.29) is 5.91 Å². The summed E-state index contributed by atoms with van der Waals surface area (Å²) in [7, 11) is 0. The zero-order valence-electron chi connectivity index (χ0n) is 9.08. The fourth-order valence-corrected chi connectivity index (χ4v) is 1.30. The minimum Gasteiger partial charge on any atom is -0.358 e. The maximum Gasteiger partial charge on any atom is 0.224 e. The Labute approximate surface area is 85.7 Å². The Balaban J connectivity index is 3.81. The first-order valence-corrected chi connectivity index (χ1v) is 5.21. The third-order valence-corrected chi connectivity index (χ3v) is 1.91. The molecule has 1 N–H and O–H groups in total. The molecule has 0 aromatic rings. The predicted octanol–water partition coefficient (Wildman–Crippen LogP) is 0.771. The highest BCUT2D eigenvalue weighted by molar-refractivity contribution is 5.76. The average Bonchev–Trinajstić information content (AvgIpc) is 2.18. The highest BCUT2D eigenvalue weighted by Crippen LogP contribution is 1.97. The normalized spacial score (nSPS) is 9.57. The minimum atomic E-state index is 0.128. The monoisotopic (exact) mass is 200 g/mol. The number of nitrogens with zero attached hydrogens (tertiary/aromatic N) is 1. The van der Waals surface area contributed by atoms with E-state index in [1.165, 1.54) is 0 Å². The number of carbonyl (C=O) groups excluding carboxylic acids is 2. The van der Waals surface area contributed by atoms with Crippen LogP contribution >= 0.6 is 0 Å². The largest absolute Gasteiger partial charge is 0.358 e. The van der Waals surface area contributed by atoms with Crippen molar-refractivity contribution in [1.29, 1.82) is 0 Å². The van der Waals surface area contributed by atoms with E-state index in [0.717, 1.165) is 25.9 Å². The molecule has 0 fully saturated rings. The molecular weight excluding hydrogens is 180 g/mol. The molecule has 0 aliphatic carbocycles. The molecule has 0 aromatic heterocycles. The van der Waals surface area contributed by atoms with Crippen LogP contribution in [0.3, 0.4) is 0 Å². The Hall–Kier alpha value is -1.06. The van der Waals surface area contributed by atoms with Crippen LogP contribution in [0, 0.1) is 0 Å². The lowest BCUT2D eigenvalue weighted by Gasteiger charge is -2.21. The van der Waals surface area contributed by atoms with E-state index < -0.39 is 0 Å². The minimum absolute atomic E-state index is 0.128. The number of carbonyl (C=O) groups is 2. The predicted molar refractivity (Wildman–Crippen MR) is 55.8 cm³/mol. The summed E-state index contributed by atoms with van der Waals surface area (Å²) in [6.07, 6.45) is 2.98. The number of nitrogens with one attached hydrogen (secondary N) is 1. The SMILES string of the molecule is CCCN(CCC)C(=O)CCNC=O. The summed E-state index contributed by atoms with van der Waals surface area (Å²) in [5.41, 5.74) is 0. The Bertz CT molecular complexity index is 166. The summed E-state index contributed by atoms with van der Waals surface area (Å²) >= 11 is 0. The van der Waals surface area contributed by atoms with Gasteiger partial charge in [-0.2, -0.15) is 0 Å². The zero-order valence-corrected chi connectivity index (χ0v) is 9.08. The Morgan fingerprint density at radius 3 is 2.29 bits per heavy atom. The van der Waals surface area contributed by atoms with Crippen molar-refractivity contribution in [2.45, 2.75) is 33.1 Å². The van der Waals surface area contributed by atoms with Gasteiger partial charge in [-0.3, -0.25) is 9.59 Å². The standard InChI is InChI=1S/C10H20N2O2/c1-3-7-12(8-4-2)10(14)5-6-11-9-13/h9H,3-8H2,1-2H3,(H,11,13). The third-order valence-electron chi connectivity index (χ3n) is 1.91. The van der Waals surface area contributed by atoms with Gasteiger partial charge in [-0.15, -0.1) is 0 Å². The lowest BCUT2D eigenvalue weighted by Crippen LogP contribution is -2.34. The van der Waals surface area contributed by atoms with E-state index in [9.17, 15) is 9.59 Å². The second-order valence-corrected chi connectivity index (χ2v) is 3.20. The van der Waals surface area contributed by atoms with Crippen LogP contribution in [0.1, 0.15) is 33.1 Å². The van der Waals surface area contributed by atoms with E-state index in [2.05, 4.69) is 19.2 Å². The molecule has 0 unspecified atom stereocenters. The van der Waals surface area contributed by atoms with Crippen molar-refractivity contribution in [1.82, 2.24) is 10.2 Å². The van der Waals surface area contributed by atoms with Crippen molar-refractivity contribution in [3.63, 3.8) is 0 Å². The molecule has 0 heterocycles. The van der Waals surface area contributed by atoms with Gasteiger partial charge in [0, 0.05) is 26.1 Å². The van der Waals surface area contributed by atoms with Crippen LogP contribution in [0.2, 0.25) is 0 Å². The van der Waals surface area contributed by atoms with Crippen molar-refractivity contribution in [3.05, 3.63) is 0 Å². The summed E-state index contributed by atoms with van der Waals surface area (Å²) in [5, 5.41) is 2.49.